The maximum Gasteiger partial charge on any atom is 0.282 e. The van der Waals surface area contributed by atoms with E-state index < -0.39 is 45.8 Å². The zero-order valence-electron chi connectivity index (χ0n) is 20.7. The Labute approximate surface area is 203 Å². The van der Waals surface area contributed by atoms with Crippen LogP contribution in [-0.4, -0.2) is 52.6 Å². The normalized spacial score (nSPS) is 23.2. The molecule has 0 aliphatic heterocycles. The largest absolute Gasteiger partial charge is 0.493 e. The SMILES string of the molecule is COc1ccc(-n2nc(C3CC3)cc(C(=O)C3C(=O)C(C)(C)C(=O)C(C)(C)C3O)c2=O)cc1OC. The lowest BCUT2D eigenvalue weighted by Gasteiger charge is -2.45. The quantitative estimate of drug-likeness (QED) is 0.492. The molecule has 0 radical (unpaired) electrons. The lowest BCUT2D eigenvalue weighted by atomic mass is 9.57. The Hall–Kier alpha value is -3.33. The number of aliphatic hydroxyl groups excluding tert-OH is 1. The molecule has 2 atom stereocenters. The van der Waals surface area contributed by atoms with E-state index >= 15 is 0 Å². The number of nitrogens with zero attached hydrogens (tertiary/aromatic N) is 2. The van der Waals surface area contributed by atoms with Crippen LogP contribution >= 0.6 is 0 Å². The first-order chi connectivity index (χ1) is 16.4. The van der Waals surface area contributed by atoms with Crippen molar-refractivity contribution in [2.75, 3.05) is 14.2 Å². The van der Waals surface area contributed by atoms with E-state index in [2.05, 4.69) is 5.10 Å². The van der Waals surface area contributed by atoms with Gasteiger partial charge in [0.1, 0.15) is 5.92 Å². The Kier molecular flexibility index (Phi) is 5.95. The third-order valence-electron chi connectivity index (χ3n) is 7.19. The van der Waals surface area contributed by atoms with Crippen molar-refractivity contribution in [2.45, 2.75) is 52.6 Å². The van der Waals surface area contributed by atoms with Crippen LogP contribution in [0.15, 0.2) is 29.1 Å². The zero-order chi connectivity index (χ0) is 25.9. The highest BCUT2D eigenvalue weighted by Crippen LogP contribution is 2.45. The number of hydrogen-bond donors (Lipinski definition) is 1. The highest BCUT2D eigenvalue weighted by molar-refractivity contribution is 6.21. The van der Waals surface area contributed by atoms with E-state index in [-0.39, 0.29) is 11.5 Å². The standard InChI is InChI=1S/C26H30N2O7/c1-25(2)21(30)19(22(31)26(3,4)24(25)33)20(29)15-12-16(13-7-8-13)27-28(23(15)32)14-9-10-17(34-5)18(11-14)35-6/h9-13,19,21,30H,7-8H2,1-6H3. The van der Waals surface area contributed by atoms with Crippen molar-refractivity contribution in [3.05, 3.63) is 45.9 Å². The molecule has 0 bridgehead atoms. The van der Waals surface area contributed by atoms with Crippen LogP contribution < -0.4 is 15.0 Å². The fourth-order valence-corrected chi connectivity index (χ4v) is 4.83. The minimum Gasteiger partial charge on any atom is -0.493 e. The molecule has 9 nitrogen and oxygen atoms in total. The Morgan fingerprint density at radius 3 is 2.23 bits per heavy atom. The van der Waals surface area contributed by atoms with Crippen LogP contribution in [0.2, 0.25) is 0 Å². The molecule has 1 N–H and O–H groups in total. The molecule has 2 aliphatic rings. The number of rotatable bonds is 6. The molecule has 2 aliphatic carbocycles. The Morgan fingerprint density at radius 2 is 1.66 bits per heavy atom. The van der Waals surface area contributed by atoms with Gasteiger partial charge in [-0.15, -0.1) is 0 Å². The first-order valence-electron chi connectivity index (χ1n) is 11.5. The minimum absolute atomic E-state index is 0.0926. The molecule has 1 aromatic carbocycles. The monoisotopic (exact) mass is 482 g/mol. The van der Waals surface area contributed by atoms with Crippen molar-refractivity contribution >= 4 is 17.3 Å². The molecule has 9 heteroatoms. The van der Waals surface area contributed by atoms with Crippen LogP contribution in [0.4, 0.5) is 0 Å². The smallest absolute Gasteiger partial charge is 0.282 e. The van der Waals surface area contributed by atoms with Crippen molar-refractivity contribution in [3.63, 3.8) is 0 Å². The van der Waals surface area contributed by atoms with Gasteiger partial charge in [-0.2, -0.15) is 9.78 Å². The first kappa shape index (κ1) is 24.8. The summed E-state index contributed by atoms with van der Waals surface area (Å²) in [6, 6.07) is 6.24. The third kappa shape index (κ3) is 3.87. The van der Waals surface area contributed by atoms with E-state index in [1.165, 1.54) is 48.0 Å². The lowest BCUT2D eigenvalue weighted by molar-refractivity contribution is -0.162. The maximum atomic E-state index is 13.7. The fraction of sp³-hybridized carbons (Fsp3) is 0.500. The van der Waals surface area contributed by atoms with Crippen LogP contribution in [-0.2, 0) is 9.59 Å². The second-order valence-electron chi connectivity index (χ2n) is 10.3. The van der Waals surface area contributed by atoms with E-state index in [0.717, 1.165) is 17.5 Å². The van der Waals surface area contributed by atoms with Crippen LogP contribution in [0.25, 0.3) is 5.69 Å². The van der Waals surface area contributed by atoms with Crippen molar-refractivity contribution in [1.29, 1.82) is 0 Å². The molecule has 1 heterocycles. The molecule has 35 heavy (non-hydrogen) atoms. The van der Waals surface area contributed by atoms with Crippen LogP contribution in [0.3, 0.4) is 0 Å². The number of aromatic nitrogens is 2. The van der Waals surface area contributed by atoms with E-state index in [1.54, 1.807) is 18.2 Å². The van der Waals surface area contributed by atoms with Crippen molar-refractivity contribution in [2.24, 2.45) is 16.7 Å². The van der Waals surface area contributed by atoms with Gasteiger partial charge in [-0.25, -0.2) is 0 Å². The van der Waals surface area contributed by atoms with E-state index in [4.69, 9.17) is 9.47 Å². The van der Waals surface area contributed by atoms with Crippen molar-refractivity contribution in [3.8, 4) is 17.2 Å². The van der Waals surface area contributed by atoms with Gasteiger partial charge in [0, 0.05) is 12.0 Å². The number of ether oxygens (including phenoxy) is 2. The predicted molar refractivity (Wildman–Crippen MR) is 126 cm³/mol. The molecule has 1 aromatic heterocycles. The average Bonchev–Trinajstić information content (AvgIpc) is 3.67. The van der Waals surface area contributed by atoms with Gasteiger partial charge in [-0.05, 0) is 44.9 Å². The molecule has 186 valence electrons. The third-order valence-corrected chi connectivity index (χ3v) is 7.19. The summed E-state index contributed by atoms with van der Waals surface area (Å²) < 4.78 is 11.7. The number of carbonyl (C=O) groups excluding carboxylic acids is 3. The van der Waals surface area contributed by atoms with Gasteiger partial charge in [0.05, 0.1) is 48.1 Å². The van der Waals surface area contributed by atoms with Crippen LogP contribution in [0, 0.1) is 16.7 Å². The lowest BCUT2D eigenvalue weighted by Crippen LogP contribution is -2.61. The summed E-state index contributed by atoms with van der Waals surface area (Å²) in [6.07, 6.45) is 0.170. The van der Waals surface area contributed by atoms with Gasteiger partial charge in [0.2, 0.25) is 0 Å². The molecular weight excluding hydrogens is 452 g/mol. The van der Waals surface area contributed by atoms with Crippen molar-refractivity contribution < 1.29 is 29.0 Å². The van der Waals surface area contributed by atoms with Gasteiger partial charge in [-0.3, -0.25) is 19.2 Å². The molecule has 0 spiro atoms. The summed E-state index contributed by atoms with van der Waals surface area (Å²) in [7, 11) is 2.96. The highest BCUT2D eigenvalue weighted by atomic mass is 16.5. The number of aliphatic hydroxyl groups is 1. The maximum absolute atomic E-state index is 13.7. The number of carbonyl (C=O) groups is 3. The second-order valence-corrected chi connectivity index (χ2v) is 10.3. The molecule has 2 saturated carbocycles. The van der Waals surface area contributed by atoms with Crippen molar-refractivity contribution in [1.82, 2.24) is 9.78 Å². The number of Topliss-reactive ketones (excluding diaryl/α,β-unsaturated/α-hetero) is 3. The van der Waals surface area contributed by atoms with Gasteiger partial charge in [0.15, 0.2) is 28.8 Å². The molecule has 4 rings (SSSR count). The number of ketones is 3. The molecule has 0 amide bonds. The Bertz CT molecular complexity index is 1290. The molecule has 2 aromatic rings. The second kappa shape index (κ2) is 8.41. The Morgan fingerprint density at radius 1 is 1.03 bits per heavy atom. The summed E-state index contributed by atoms with van der Waals surface area (Å²) in [4.78, 5) is 53.4. The number of benzene rings is 1. The zero-order valence-corrected chi connectivity index (χ0v) is 20.7. The molecule has 2 unspecified atom stereocenters. The molecule has 0 saturated heterocycles. The minimum atomic E-state index is -1.56. The van der Waals surface area contributed by atoms with E-state index in [9.17, 15) is 24.3 Å². The van der Waals surface area contributed by atoms with E-state index in [1.807, 2.05) is 0 Å². The predicted octanol–water partition coefficient (Wildman–Crippen LogP) is 2.49. The average molecular weight is 483 g/mol. The summed E-state index contributed by atoms with van der Waals surface area (Å²) >= 11 is 0. The van der Waals surface area contributed by atoms with Crippen LogP contribution in [0.1, 0.15) is 62.5 Å². The van der Waals surface area contributed by atoms with Gasteiger partial charge in [0.25, 0.3) is 5.56 Å². The van der Waals surface area contributed by atoms with Gasteiger partial charge < -0.3 is 14.6 Å². The topological polar surface area (TPSA) is 125 Å². The number of methoxy groups -OCH3 is 2. The number of hydrogen-bond acceptors (Lipinski definition) is 8. The van der Waals surface area contributed by atoms with Gasteiger partial charge >= 0.3 is 0 Å². The highest BCUT2D eigenvalue weighted by Gasteiger charge is 2.60. The van der Waals surface area contributed by atoms with Crippen LogP contribution in [0.5, 0.6) is 11.5 Å². The summed E-state index contributed by atoms with van der Waals surface area (Å²) in [5.74, 6) is -2.55. The first-order valence-corrected chi connectivity index (χ1v) is 11.5. The van der Waals surface area contributed by atoms with Gasteiger partial charge in [-0.1, -0.05) is 13.8 Å². The molecular formula is C26H30N2O7. The summed E-state index contributed by atoms with van der Waals surface area (Å²) in [5, 5.41) is 15.5. The molecule has 2 fully saturated rings. The summed E-state index contributed by atoms with van der Waals surface area (Å²) in [6.45, 7) is 5.93. The Balaban J connectivity index is 1.87. The summed E-state index contributed by atoms with van der Waals surface area (Å²) in [5.41, 5.74) is -2.87. The fourth-order valence-electron chi connectivity index (χ4n) is 4.83. The van der Waals surface area contributed by atoms with E-state index in [0.29, 0.717) is 22.9 Å².